The fraction of sp³-hybridized carbons (Fsp3) is 0.818. The first-order valence-corrected chi connectivity index (χ1v) is 6.26. The van der Waals surface area contributed by atoms with Crippen LogP contribution in [0.25, 0.3) is 0 Å². The lowest BCUT2D eigenvalue weighted by molar-refractivity contribution is -0.123. The second-order valence-electron chi connectivity index (χ2n) is 3.68. The molecule has 0 aliphatic heterocycles. The molecule has 0 aliphatic carbocycles. The molecule has 0 rings (SSSR count). The molecule has 1 unspecified atom stereocenters. The summed E-state index contributed by atoms with van der Waals surface area (Å²) in [4.78, 5) is 14.2. The van der Waals surface area contributed by atoms with Gasteiger partial charge in [0.15, 0.2) is 0 Å². The van der Waals surface area contributed by atoms with Gasteiger partial charge in [-0.1, -0.05) is 33.0 Å². The number of amides is 1. The highest BCUT2D eigenvalue weighted by molar-refractivity contribution is 7.80. The quantitative estimate of drug-likeness (QED) is 0.620. The van der Waals surface area contributed by atoms with Crippen LogP contribution in [0.2, 0.25) is 0 Å². The van der Waals surface area contributed by atoms with E-state index in [-0.39, 0.29) is 16.8 Å². The van der Waals surface area contributed by atoms with Crippen LogP contribution >= 0.6 is 12.2 Å². The maximum atomic E-state index is 11.7. The molecule has 0 aliphatic rings. The van der Waals surface area contributed by atoms with Gasteiger partial charge in [-0.3, -0.25) is 4.79 Å². The number of nitrogens with one attached hydrogen (secondary N) is 1. The van der Waals surface area contributed by atoms with E-state index in [0.29, 0.717) is 13.0 Å². The van der Waals surface area contributed by atoms with Crippen molar-refractivity contribution in [2.45, 2.75) is 27.2 Å². The average Bonchev–Trinajstić information content (AvgIpc) is 2.25. The highest BCUT2D eigenvalue weighted by Crippen LogP contribution is 2.02. The summed E-state index contributed by atoms with van der Waals surface area (Å²) < 4.78 is 0. The molecule has 0 fully saturated rings. The van der Waals surface area contributed by atoms with Crippen LogP contribution in [0.4, 0.5) is 0 Å². The van der Waals surface area contributed by atoms with E-state index in [1.54, 1.807) is 0 Å². The Morgan fingerprint density at radius 3 is 2.31 bits per heavy atom. The molecule has 0 saturated heterocycles. The molecular formula is C11H23N3OS. The minimum Gasteiger partial charge on any atom is -0.393 e. The summed E-state index contributed by atoms with van der Waals surface area (Å²) in [5.41, 5.74) is 5.49. The fourth-order valence-electron chi connectivity index (χ4n) is 1.52. The molecule has 16 heavy (non-hydrogen) atoms. The van der Waals surface area contributed by atoms with Gasteiger partial charge in [0.2, 0.25) is 5.91 Å². The highest BCUT2D eigenvalue weighted by atomic mass is 32.1. The van der Waals surface area contributed by atoms with E-state index < -0.39 is 0 Å². The molecule has 0 heterocycles. The molecule has 0 aromatic rings. The number of nitrogens with zero attached hydrogens (tertiary/aromatic N) is 1. The number of carbonyl (C=O) groups is 1. The first kappa shape index (κ1) is 15.3. The van der Waals surface area contributed by atoms with Gasteiger partial charge in [0.1, 0.15) is 0 Å². The predicted octanol–water partition coefficient (Wildman–Crippen LogP) is 0.757. The number of carbonyl (C=O) groups excluding carboxylic acids is 1. The van der Waals surface area contributed by atoms with Crippen molar-refractivity contribution in [3.8, 4) is 0 Å². The third-order valence-electron chi connectivity index (χ3n) is 2.69. The molecule has 94 valence electrons. The molecular weight excluding hydrogens is 222 g/mol. The summed E-state index contributed by atoms with van der Waals surface area (Å²) in [6.07, 6.45) is 0.659. The lowest BCUT2D eigenvalue weighted by atomic mass is 10.1. The summed E-state index contributed by atoms with van der Waals surface area (Å²) in [7, 11) is 0. The first-order chi connectivity index (χ1) is 7.56. The maximum Gasteiger partial charge on any atom is 0.229 e. The van der Waals surface area contributed by atoms with Gasteiger partial charge in [-0.25, -0.2) is 0 Å². The number of nitrogens with two attached hydrogens (primary N) is 1. The van der Waals surface area contributed by atoms with Gasteiger partial charge in [0.05, 0.1) is 10.9 Å². The molecule has 0 aromatic carbocycles. The highest BCUT2D eigenvalue weighted by Gasteiger charge is 2.18. The van der Waals surface area contributed by atoms with Crippen molar-refractivity contribution in [1.82, 2.24) is 10.2 Å². The van der Waals surface area contributed by atoms with E-state index >= 15 is 0 Å². The number of thiocarbonyl (C=S) groups is 1. The van der Waals surface area contributed by atoms with Crippen molar-refractivity contribution in [2.75, 3.05) is 26.2 Å². The molecule has 0 spiro atoms. The van der Waals surface area contributed by atoms with Crippen LogP contribution in [0.3, 0.4) is 0 Å². The Hall–Kier alpha value is -0.680. The minimum atomic E-state index is -0.327. The molecule has 0 aromatic heterocycles. The third-order valence-corrected chi connectivity index (χ3v) is 2.97. The molecule has 1 amide bonds. The van der Waals surface area contributed by atoms with Crippen molar-refractivity contribution in [3.63, 3.8) is 0 Å². The monoisotopic (exact) mass is 245 g/mol. The van der Waals surface area contributed by atoms with Crippen LogP contribution in [-0.2, 0) is 4.79 Å². The zero-order valence-electron chi connectivity index (χ0n) is 10.5. The first-order valence-electron chi connectivity index (χ1n) is 5.86. The van der Waals surface area contributed by atoms with E-state index in [1.165, 1.54) is 0 Å². The standard InChI is InChI=1S/C11H23N3OS/c1-4-9(10(12)16)11(15)13-7-8-14(5-2)6-3/h9H,4-8H2,1-3H3,(H2,12,16)(H,13,15). The van der Waals surface area contributed by atoms with Crippen molar-refractivity contribution in [1.29, 1.82) is 0 Å². The lowest BCUT2D eigenvalue weighted by Gasteiger charge is -2.19. The molecule has 0 bridgehead atoms. The maximum absolute atomic E-state index is 11.7. The summed E-state index contributed by atoms with van der Waals surface area (Å²) in [6, 6.07) is 0. The van der Waals surface area contributed by atoms with E-state index in [4.69, 9.17) is 18.0 Å². The normalized spacial score (nSPS) is 12.5. The zero-order chi connectivity index (χ0) is 12.6. The Balaban J connectivity index is 3.92. The Morgan fingerprint density at radius 2 is 1.94 bits per heavy atom. The Bertz CT molecular complexity index is 229. The van der Waals surface area contributed by atoms with E-state index in [1.807, 2.05) is 6.92 Å². The number of hydrogen-bond donors (Lipinski definition) is 2. The largest absolute Gasteiger partial charge is 0.393 e. The van der Waals surface area contributed by atoms with Crippen LogP contribution in [0, 0.1) is 5.92 Å². The third kappa shape index (κ3) is 5.42. The van der Waals surface area contributed by atoms with Gasteiger partial charge in [0.25, 0.3) is 0 Å². The van der Waals surface area contributed by atoms with E-state index in [2.05, 4.69) is 24.1 Å². The SMILES string of the molecule is CCC(C(=O)NCCN(CC)CC)C(N)=S. The van der Waals surface area contributed by atoms with Crippen molar-refractivity contribution in [3.05, 3.63) is 0 Å². The second kappa shape index (κ2) is 8.47. The Morgan fingerprint density at radius 1 is 1.38 bits per heavy atom. The van der Waals surface area contributed by atoms with Crippen LogP contribution < -0.4 is 11.1 Å². The Kier molecular flexibility index (Phi) is 8.11. The summed E-state index contributed by atoms with van der Waals surface area (Å²) >= 11 is 4.85. The molecule has 5 heteroatoms. The minimum absolute atomic E-state index is 0.0536. The van der Waals surface area contributed by atoms with Gasteiger partial charge in [-0.15, -0.1) is 0 Å². The van der Waals surface area contributed by atoms with Gasteiger partial charge in [-0.2, -0.15) is 0 Å². The fourth-order valence-corrected chi connectivity index (χ4v) is 1.79. The number of likely N-dealkylation sites (N-methyl/N-ethyl adjacent to an activating group) is 1. The number of hydrogen-bond acceptors (Lipinski definition) is 3. The van der Waals surface area contributed by atoms with Crippen LogP contribution in [0.15, 0.2) is 0 Å². The second-order valence-corrected chi connectivity index (χ2v) is 4.15. The summed E-state index contributed by atoms with van der Waals surface area (Å²) in [5.74, 6) is -0.381. The van der Waals surface area contributed by atoms with Gasteiger partial charge in [-0.05, 0) is 19.5 Å². The molecule has 1 atom stereocenters. The van der Waals surface area contributed by atoms with E-state index in [0.717, 1.165) is 19.6 Å². The van der Waals surface area contributed by atoms with Crippen LogP contribution in [-0.4, -0.2) is 42.0 Å². The van der Waals surface area contributed by atoms with Crippen LogP contribution in [0.1, 0.15) is 27.2 Å². The van der Waals surface area contributed by atoms with E-state index in [9.17, 15) is 4.79 Å². The Labute approximate surface area is 104 Å². The number of rotatable bonds is 8. The van der Waals surface area contributed by atoms with Crippen LogP contribution in [0.5, 0.6) is 0 Å². The zero-order valence-corrected chi connectivity index (χ0v) is 11.3. The smallest absolute Gasteiger partial charge is 0.229 e. The molecule has 3 N–H and O–H groups in total. The van der Waals surface area contributed by atoms with Gasteiger partial charge >= 0.3 is 0 Å². The topological polar surface area (TPSA) is 58.4 Å². The summed E-state index contributed by atoms with van der Waals surface area (Å²) in [6.45, 7) is 9.64. The van der Waals surface area contributed by atoms with Crippen molar-refractivity contribution in [2.24, 2.45) is 11.7 Å². The van der Waals surface area contributed by atoms with Crippen molar-refractivity contribution < 1.29 is 4.79 Å². The molecule has 0 saturated carbocycles. The summed E-state index contributed by atoms with van der Waals surface area (Å²) in [5, 5.41) is 2.87. The average molecular weight is 245 g/mol. The lowest BCUT2D eigenvalue weighted by Crippen LogP contribution is -2.41. The van der Waals surface area contributed by atoms with Gasteiger partial charge < -0.3 is 16.0 Å². The predicted molar refractivity (Wildman–Crippen MR) is 71.4 cm³/mol. The molecule has 4 nitrogen and oxygen atoms in total. The van der Waals surface area contributed by atoms with Crippen molar-refractivity contribution >= 4 is 23.1 Å². The van der Waals surface area contributed by atoms with Gasteiger partial charge in [0, 0.05) is 13.1 Å². The molecule has 0 radical (unpaired) electrons.